The summed E-state index contributed by atoms with van der Waals surface area (Å²) in [5.74, 6) is 0.623. The van der Waals surface area contributed by atoms with Crippen LogP contribution >= 0.6 is 0 Å². The normalized spacial score (nSPS) is 11.4. The molecule has 4 rings (SSSR count). The van der Waals surface area contributed by atoms with Crippen molar-refractivity contribution in [2.24, 2.45) is 7.05 Å². The van der Waals surface area contributed by atoms with Gasteiger partial charge in [0.05, 0.1) is 0 Å². The fraction of sp³-hybridized carbons (Fsp3) is 0.240. The molecule has 0 unspecified atom stereocenters. The van der Waals surface area contributed by atoms with Crippen LogP contribution in [0.2, 0.25) is 0 Å². The van der Waals surface area contributed by atoms with E-state index in [0.29, 0.717) is 11.4 Å². The van der Waals surface area contributed by atoms with Gasteiger partial charge < -0.3 is 14.0 Å². The molecule has 0 bridgehead atoms. The van der Waals surface area contributed by atoms with Gasteiger partial charge >= 0.3 is 12.1 Å². The molecule has 0 radical (unpaired) electrons. The average Bonchev–Trinajstić information content (AvgIpc) is 3.13. The van der Waals surface area contributed by atoms with Crippen LogP contribution in [-0.4, -0.2) is 33.3 Å². The van der Waals surface area contributed by atoms with Crippen LogP contribution in [0.5, 0.6) is 11.8 Å². The zero-order valence-electron chi connectivity index (χ0n) is 18.9. The molecule has 0 aliphatic carbocycles. The van der Waals surface area contributed by atoms with Gasteiger partial charge in [-0.3, -0.25) is 4.90 Å². The topological polar surface area (TPSA) is 69.5 Å². The monoisotopic (exact) mass is 430 g/mol. The number of aromatic nitrogens is 3. The Morgan fingerprint density at radius 3 is 2.62 bits per heavy atom. The summed E-state index contributed by atoms with van der Waals surface area (Å²) in [6.07, 6.45) is 3.27. The summed E-state index contributed by atoms with van der Waals surface area (Å²) in [5, 5.41) is 0.950. The van der Waals surface area contributed by atoms with Gasteiger partial charge in [0.15, 0.2) is 0 Å². The van der Waals surface area contributed by atoms with Gasteiger partial charge in [-0.25, -0.2) is 9.78 Å². The standard InChI is InChI=1S/C25H26N4O3/c1-25(2,3)32-24(30)29(5)19-10-8-9-17(15-19)20-11-6-7-12-21(20)31-23-26-16-18-13-14-28(4)22(18)27-23/h6-16H,1-5H3. The summed E-state index contributed by atoms with van der Waals surface area (Å²) in [7, 11) is 3.62. The second kappa shape index (κ2) is 8.34. The van der Waals surface area contributed by atoms with Crippen LogP contribution < -0.4 is 9.64 Å². The highest BCUT2D eigenvalue weighted by Crippen LogP contribution is 2.34. The van der Waals surface area contributed by atoms with Gasteiger partial charge in [0.1, 0.15) is 17.0 Å². The highest BCUT2D eigenvalue weighted by molar-refractivity contribution is 5.88. The smallest absolute Gasteiger partial charge is 0.414 e. The molecule has 0 N–H and O–H groups in total. The molecular formula is C25H26N4O3. The third-order valence-electron chi connectivity index (χ3n) is 4.89. The number of para-hydroxylation sites is 1. The molecule has 0 saturated carbocycles. The number of hydrogen-bond acceptors (Lipinski definition) is 5. The maximum Gasteiger partial charge on any atom is 0.414 e. The minimum Gasteiger partial charge on any atom is -0.443 e. The van der Waals surface area contributed by atoms with E-state index in [9.17, 15) is 4.79 Å². The Hall–Kier alpha value is -3.87. The van der Waals surface area contributed by atoms with Crippen LogP contribution in [0.1, 0.15) is 20.8 Å². The number of anilines is 1. The van der Waals surface area contributed by atoms with Crippen molar-refractivity contribution in [2.75, 3.05) is 11.9 Å². The molecule has 0 aliphatic rings. The van der Waals surface area contributed by atoms with Crippen molar-refractivity contribution < 1.29 is 14.3 Å². The number of nitrogens with zero attached hydrogens (tertiary/aromatic N) is 4. The predicted octanol–water partition coefficient (Wildman–Crippen LogP) is 5.80. The van der Waals surface area contributed by atoms with E-state index in [2.05, 4.69) is 9.97 Å². The zero-order valence-corrected chi connectivity index (χ0v) is 18.9. The number of benzene rings is 2. The van der Waals surface area contributed by atoms with E-state index in [1.54, 1.807) is 13.2 Å². The van der Waals surface area contributed by atoms with Crippen LogP contribution in [0.3, 0.4) is 0 Å². The second-order valence-corrected chi connectivity index (χ2v) is 8.55. The fourth-order valence-electron chi connectivity index (χ4n) is 3.29. The minimum atomic E-state index is -0.567. The van der Waals surface area contributed by atoms with E-state index in [1.165, 1.54) is 4.90 Å². The molecule has 0 saturated heterocycles. The lowest BCUT2D eigenvalue weighted by Gasteiger charge is -2.25. The van der Waals surface area contributed by atoms with Crippen LogP contribution in [0.25, 0.3) is 22.2 Å². The van der Waals surface area contributed by atoms with E-state index in [4.69, 9.17) is 9.47 Å². The molecule has 32 heavy (non-hydrogen) atoms. The number of carbonyl (C=O) groups is 1. The van der Waals surface area contributed by atoms with Crippen molar-refractivity contribution in [1.82, 2.24) is 14.5 Å². The first-order chi connectivity index (χ1) is 15.2. The first-order valence-electron chi connectivity index (χ1n) is 10.3. The van der Waals surface area contributed by atoms with Crippen molar-refractivity contribution in [3.8, 4) is 22.9 Å². The van der Waals surface area contributed by atoms with E-state index >= 15 is 0 Å². The summed E-state index contributed by atoms with van der Waals surface area (Å²) in [4.78, 5) is 22.8. The molecule has 7 nitrogen and oxygen atoms in total. The minimum absolute atomic E-state index is 0.272. The summed E-state index contributed by atoms with van der Waals surface area (Å²) >= 11 is 0. The molecule has 1 amide bonds. The molecule has 4 aromatic rings. The average molecular weight is 431 g/mol. The number of carbonyl (C=O) groups excluding carboxylic acids is 1. The lowest BCUT2D eigenvalue weighted by Crippen LogP contribution is -2.34. The molecule has 2 aromatic heterocycles. The van der Waals surface area contributed by atoms with Crippen LogP contribution in [-0.2, 0) is 11.8 Å². The molecule has 7 heteroatoms. The molecule has 0 fully saturated rings. The second-order valence-electron chi connectivity index (χ2n) is 8.55. The Labute approximate surface area is 187 Å². The molecular weight excluding hydrogens is 404 g/mol. The predicted molar refractivity (Wildman–Crippen MR) is 125 cm³/mol. The van der Waals surface area contributed by atoms with Crippen molar-refractivity contribution in [3.05, 3.63) is 67.0 Å². The van der Waals surface area contributed by atoms with Gasteiger partial charge in [-0.1, -0.05) is 30.3 Å². The third-order valence-corrected chi connectivity index (χ3v) is 4.89. The Kier molecular flexibility index (Phi) is 5.57. The Balaban J connectivity index is 1.64. The summed E-state index contributed by atoms with van der Waals surface area (Å²) < 4.78 is 13.5. The molecule has 0 atom stereocenters. The fourth-order valence-corrected chi connectivity index (χ4v) is 3.29. The molecule has 2 heterocycles. The summed E-state index contributed by atoms with van der Waals surface area (Å²) in [6, 6.07) is 17.6. The highest BCUT2D eigenvalue weighted by Gasteiger charge is 2.21. The van der Waals surface area contributed by atoms with Crippen LogP contribution in [0.4, 0.5) is 10.5 Å². The van der Waals surface area contributed by atoms with Gasteiger partial charge in [0.2, 0.25) is 0 Å². The van der Waals surface area contributed by atoms with Crippen molar-refractivity contribution in [3.63, 3.8) is 0 Å². The molecule has 0 aliphatic heterocycles. The van der Waals surface area contributed by atoms with E-state index in [-0.39, 0.29) is 6.01 Å². The largest absolute Gasteiger partial charge is 0.443 e. The maximum atomic E-state index is 12.5. The van der Waals surface area contributed by atoms with Crippen molar-refractivity contribution in [1.29, 1.82) is 0 Å². The number of aryl methyl sites for hydroxylation is 1. The number of fused-ring (bicyclic) bond motifs is 1. The first-order valence-corrected chi connectivity index (χ1v) is 10.3. The summed E-state index contributed by atoms with van der Waals surface area (Å²) in [5.41, 5.74) is 2.71. The maximum absolute atomic E-state index is 12.5. The SMILES string of the molecule is CN(C(=O)OC(C)(C)C)c1cccc(-c2ccccc2Oc2ncc3ccn(C)c3n2)c1. The number of amides is 1. The number of rotatable bonds is 4. The van der Waals surface area contributed by atoms with Gasteiger partial charge in [0, 0.05) is 43.1 Å². The Bertz CT molecular complexity index is 1270. The van der Waals surface area contributed by atoms with Crippen LogP contribution in [0.15, 0.2) is 67.0 Å². The summed E-state index contributed by atoms with van der Waals surface area (Å²) in [6.45, 7) is 5.53. The lowest BCUT2D eigenvalue weighted by atomic mass is 10.0. The van der Waals surface area contributed by atoms with E-state index < -0.39 is 11.7 Å². The van der Waals surface area contributed by atoms with Gasteiger partial charge in [0.25, 0.3) is 0 Å². The van der Waals surface area contributed by atoms with Crippen LogP contribution in [0, 0.1) is 0 Å². The van der Waals surface area contributed by atoms with Crippen molar-refractivity contribution >= 4 is 22.8 Å². The third kappa shape index (κ3) is 4.56. The van der Waals surface area contributed by atoms with Gasteiger partial charge in [-0.2, -0.15) is 4.98 Å². The molecule has 2 aromatic carbocycles. The van der Waals surface area contributed by atoms with E-state index in [0.717, 1.165) is 22.2 Å². The van der Waals surface area contributed by atoms with E-state index in [1.807, 2.05) is 93.2 Å². The Morgan fingerprint density at radius 2 is 1.84 bits per heavy atom. The first kappa shape index (κ1) is 21.4. The van der Waals surface area contributed by atoms with Crippen molar-refractivity contribution in [2.45, 2.75) is 26.4 Å². The number of ether oxygens (including phenoxy) is 2. The molecule has 164 valence electrons. The lowest BCUT2D eigenvalue weighted by molar-refractivity contribution is 0.0589. The molecule has 0 spiro atoms. The van der Waals surface area contributed by atoms with Gasteiger partial charge in [-0.15, -0.1) is 0 Å². The zero-order chi connectivity index (χ0) is 22.9. The number of hydrogen-bond donors (Lipinski definition) is 0. The quantitative estimate of drug-likeness (QED) is 0.409. The Morgan fingerprint density at radius 1 is 1.06 bits per heavy atom. The van der Waals surface area contributed by atoms with Gasteiger partial charge in [-0.05, 0) is 50.6 Å². The highest BCUT2D eigenvalue weighted by atomic mass is 16.6.